The van der Waals surface area contributed by atoms with Crippen LogP contribution in [0.1, 0.15) is 10.0 Å². The Morgan fingerprint density at radius 2 is 1.73 bits per heavy atom. The fourth-order valence-electron chi connectivity index (χ4n) is 1.81. The number of hydrogen-bond acceptors (Lipinski definition) is 0. The molecule has 0 fully saturated rings. The third kappa shape index (κ3) is 2.11. The van der Waals surface area contributed by atoms with Crippen molar-refractivity contribution in [2.45, 2.75) is 31.1 Å². The zero-order valence-electron chi connectivity index (χ0n) is 10.1. The number of fused-ring (bicyclic) bond motifs is 1. The molecular weight excluding hydrogens is 308 g/mol. The first kappa shape index (κ1) is 11.5. The van der Waals surface area contributed by atoms with E-state index in [0.717, 1.165) is 0 Å². The van der Waals surface area contributed by atoms with Gasteiger partial charge in [-0.05, 0) is 0 Å². The third-order valence-corrected chi connectivity index (χ3v) is 9.78. The van der Waals surface area contributed by atoms with E-state index in [0.29, 0.717) is 14.5 Å². The van der Waals surface area contributed by atoms with Gasteiger partial charge in [-0.2, -0.15) is 0 Å². The molecule has 0 aliphatic heterocycles. The van der Waals surface area contributed by atoms with E-state index in [1.54, 1.807) is 13.1 Å². The summed E-state index contributed by atoms with van der Waals surface area (Å²) in [5, 5.41) is 1.52. The van der Waals surface area contributed by atoms with Crippen molar-refractivity contribution in [3.8, 4) is 0 Å². The van der Waals surface area contributed by atoms with Crippen molar-refractivity contribution in [2.75, 3.05) is 0 Å². The maximum absolute atomic E-state index is 2.50. The van der Waals surface area contributed by atoms with Crippen LogP contribution in [0.25, 0.3) is 9.65 Å². The number of hydrogen-bond donors (Lipinski definition) is 0. The van der Waals surface area contributed by atoms with Gasteiger partial charge in [-0.1, -0.05) is 0 Å². The predicted molar refractivity (Wildman–Crippen MR) is 73.3 cm³/mol. The molecule has 0 nitrogen and oxygen atoms in total. The second-order valence-corrected chi connectivity index (χ2v) is 18.5. The molecule has 0 atom stereocenters. The summed E-state index contributed by atoms with van der Waals surface area (Å²) in [7, 11) is 0. The standard InChI is InChI=1S/C13H18GeSe/c1-9-10(2)15-13-8-11(14(3,4)5)6-7-12(9)13/h6-8H,1-5H3. The number of aryl methyl sites for hydroxylation is 2. The molecular formula is C13H18GeSe. The third-order valence-electron chi connectivity index (χ3n) is 3.04. The molecule has 15 heavy (non-hydrogen) atoms. The molecule has 0 bridgehead atoms. The second kappa shape index (κ2) is 3.80. The van der Waals surface area contributed by atoms with Crippen molar-refractivity contribution in [3.05, 3.63) is 28.2 Å². The summed E-state index contributed by atoms with van der Waals surface area (Å²) in [6.07, 6.45) is 0. The molecule has 0 amide bonds. The minimum atomic E-state index is -1.62. The van der Waals surface area contributed by atoms with E-state index >= 15 is 0 Å². The quantitative estimate of drug-likeness (QED) is 0.707. The molecule has 2 heteroatoms. The number of benzene rings is 1. The fraction of sp³-hybridized carbons (Fsp3) is 0.385. The molecule has 0 saturated carbocycles. The van der Waals surface area contributed by atoms with Gasteiger partial charge in [0.25, 0.3) is 0 Å². The zero-order valence-corrected chi connectivity index (χ0v) is 14.0. The van der Waals surface area contributed by atoms with Crippen molar-refractivity contribution >= 4 is 41.8 Å². The molecule has 80 valence electrons. The molecule has 2 aromatic rings. The van der Waals surface area contributed by atoms with Gasteiger partial charge in [0.15, 0.2) is 0 Å². The normalized spacial score (nSPS) is 12.3. The van der Waals surface area contributed by atoms with Crippen LogP contribution in [0, 0.1) is 13.8 Å². The van der Waals surface area contributed by atoms with E-state index in [9.17, 15) is 0 Å². The van der Waals surface area contributed by atoms with Gasteiger partial charge in [-0.25, -0.2) is 0 Å². The van der Waals surface area contributed by atoms with Gasteiger partial charge < -0.3 is 0 Å². The molecule has 2 rings (SSSR count). The van der Waals surface area contributed by atoms with Gasteiger partial charge in [0.2, 0.25) is 0 Å². The van der Waals surface area contributed by atoms with Crippen LogP contribution in [0.2, 0.25) is 17.3 Å². The van der Waals surface area contributed by atoms with E-state index in [-0.39, 0.29) is 0 Å². The van der Waals surface area contributed by atoms with Crippen molar-refractivity contribution in [1.82, 2.24) is 0 Å². The van der Waals surface area contributed by atoms with Gasteiger partial charge in [-0.3, -0.25) is 0 Å². The zero-order chi connectivity index (χ0) is 11.2. The minimum absolute atomic E-state index is 0.600. The fourth-order valence-corrected chi connectivity index (χ4v) is 7.07. The number of rotatable bonds is 1. The Morgan fingerprint density at radius 3 is 2.33 bits per heavy atom. The molecule has 0 aliphatic rings. The average molecular weight is 326 g/mol. The van der Waals surface area contributed by atoms with Gasteiger partial charge in [0.05, 0.1) is 0 Å². The van der Waals surface area contributed by atoms with Crippen LogP contribution in [0.5, 0.6) is 0 Å². The summed E-state index contributed by atoms with van der Waals surface area (Å²) in [5.74, 6) is 7.41. The molecule has 0 unspecified atom stereocenters. The molecule has 0 aliphatic carbocycles. The molecule has 1 aromatic heterocycles. The first-order valence-electron chi connectivity index (χ1n) is 5.40. The van der Waals surface area contributed by atoms with Gasteiger partial charge >= 0.3 is 101 Å². The van der Waals surface area contributed by atoms with Crippen LogP contribution >= 0.6 is 0 Å². The molecule has 0 saturated heterocycles. The van der Waals surface area contributed by atoms with Crippen molar-refractivity contribution in [1.29, 1.82) is 0 Å². The molecule has 0 N–H and O–H groups in total. The summed E-state index contributed by atoms with van der Waals surface area (Å²) >= 11 is -1.02. The topological polar surface area (TPSA) is 0 Å². The van der Waals surface area contributed by atoms with E-state index in [2.05, 4.69) is 49.3 Å². The van der Waals surface area contributed by atoms with Gasteiger partial charge in [0, 0.05) is 0 Å². The molecule has 0 spiro atoms. The van der Waals surface area contributed by atoms with E-state index in [1.807, 2.05) is 0 Å². The molecule has 1 heterocycles. The van der Waals surface area contributed by atoms with Gasteiger partial charge in [-0.15, -0.1) is 0 Å². The van der Waals surface area contributed by atoms with Crippen LogP contribution < -0.4 is 4.40 Å². The first-order chi connectivity index (χ1) is 6.89. The summed E-state index contributed by atoms with van der Waals surface area (Å²) in [6, 6.07) is 7.22. The van der Waals surface area contributed by atoms with E-state index in [1.165, 1.54) is 10.9 Å². The van der Waals surface area contributed by atoms with Crippen LogP contribution in [0.4, 0.5) is 0 Å². The Bertz CT molecular complexity index is 503. The van der Waals surface area contributed by atoms with Crippen LogP contribution in [-0.2, 0) is 0 Å². The summed E-state index contributed by atoms with van der Waals surface area (Å²) < 4.78 is 4.88. The van der Waals surface area contributed by atoms with Crippen LogP contribution in [0.3, 0.4) is 0 Å². The van der Waals surface area contributed by atoms with Crippen molar-refractivity contribution < 1.29 is 0 Å². The van der Waals surface area contributed by atoms with Crippen LogP contribution in [-0.4, -0.2) is 27.8 Å². The summed E-state index contributed by atoms with van der Waals surface area (Å²) in [5.41, 5.74) is 1.53. The Kier molecular flexibility index (Phi) is 2.91. The second-order valence-electron chi connectivity index (χ2n) is 5.24. The van der Waals surface area contributed by atoms with E-state index in [4.69, 9.17) is 0 Å². The monoisotopic (exact) mass is 328 g/mol. The molecule has 0 radical (unpaired) electrons. The van der Waals surface area contributed by atoms with E-state index < -0.39 is 13.3 Å². The Hall–Kier alpha value is 0.0223. The predicted octanol–water partition coefficient (Wildman–Crippen LogP) is 3.06. The Balaban J connectivity index is 2.67. The first-order valence-corrected chi connectivity index (χ1v) is 14.5. The Labute approximate surface area is 101 Å². The summed E-state index contributed by atoms with van der Waals surface area (Å²) in [4.78, 5) is 0. The van der Waals surface area contributed by atoms with Gasteiger partial charge in [0.1, 0.15) is 0 Å². The summed E-state index contributed by atoms with van der Waals surface area (Å²) in [6.45, 7) is 4.55. The maximum atomic E-state index is 2.50. The van der Waals surface area contributed by atoms with Crippen molar-refractivity contribution in [2.24, 2.45) is 0 Å². The van der Waals surface area contributed by atoms with Crippen molar-refractivity contribution in [3.63, 3.8) is 0 Å². The average Bonchev–Trinajstić information content (AvgIpc) is 2.41. The van der Waals surface area contributed by atoms with Crippen LogP contribution in [0.15, 0.2) is 18.2 Å². The molecule has 1 aromatic carbocycles. The Morgan fingerprint density at radius 1 is 1.07 bits per heavy atom. The SMILES string of the molecule is Cc1[se]c2c[c]([Ge]([CH3])([CH3])[CH3])ccc2c1C.